The van der Waals surface area contributed by atoms with Crippen molar-refractivity contribution in [3.63, 3.8) is 0 Å². The summed E-state index contributed by atoms with van der Waals surface area (Å²) >= 11 is 0. The summed E-state index contributed by atoms with van der Waals surface area (Å²) in [7, 11) is 1.28. The number of hydrogen-bond donors (Lipinski definition) is 1. The third-order valence-corrected chi connectivity index (χ3v) is 4.02. The molecule has 0 aliphatic rings. The van der Waals surface area contributed by atoms with Crippen LogP contribution in [0, 0.1) is 11.6 Å². The van der Waals surface area contributed by atoms with Gasteiger partial charge in [0.2, 0.25) is 5.91 Å². The van der Waals surface area contributed by atoms with E-state index in [-0.39, 0.29) is 6.42 Å². The highest BCUT2D eigenvalue weighted by molar-refractivity contribution is 5.85. The van der Waals surface area contributed by atoms with Crippen LogP contribution in [0.5, 0.6) is 0 Å². The fourth-order valence-corrected chi connectivity index (χ4v) is 2.60. The van der Waals surface area contributed by atoms with E-state index in [0.717, 1.165) is 31.4 Å². The number of benzene rings is 1. The van der Waals surface area contributed by atoms with Crippen molar-refractivity contribution < 1.29 is 23.1 Å². The second kappa shape index (κ2) is 11.6. The average molecular weight is 355 g/mol. The van der Waals surface area contributed by atoms with Gasteiger partial charge in [-0.15, -0.1) is 0 Å². The van der Waals surface area contributed by atoms with Crippen molar-refractivity contribution in [1.29, 1.82) is 0 Å². The monoisotopic (exact) mass is 355 g/mol. The molecule has 0 saturated heterocycles. The molecule has 0 saturated carbocycles. The second-order valence-electron chi connectivity index (χ2n) is 6.12. The van der Waals surface area contributed by atoms with E-state index in [9.17, 15) is 18.4 Å². The van der Waals surface area contributed by atoms with Crippen LogP contribution >= 0.6 is 0 Å². The topological polar surface area (TPSA) is 55.4 Å². The van der Waals surface area contributed by atoms with Gasteiger partial charge in [-0.3, -0.25) is 4.79 Å². The number of nitrogens with one attached hydrogen (secondary N) is 1. The minimum Gasteiger partial charge on any atom is -0.467 e. The zero-order chi connectivity index (χ0) is 18.7. The smallest absolute Gasteiger partial charge is 0.328 e. The SMILES string of the molecule is CCCCCCCC[C@@H](NC(=O)Cc1ccc(F)c(F)c1)C(=O)OC. The molecule has 0 heterocycles. The zero-order valence-electron chi connectivity index (χ0n) is 14.9. The van der Waals surface area contributed by atoms with Gasteiger partial charge in [0, 0.05) is 0 Å². The van der Waals surface area contributed by atoms with Gasteiger partial charge in [-0.05, 0) is 24.1 Å². The molecule has 6 heteroatoms. The van der Waals surface area contributed by atoms with Crippen LogP contribution in [0.1, 0.15) is 57.4 Å². The number of ether oxygens (including phenoxy) is 1. The summed E-state index contributed by atoms with van der Waals surface area (Å²) in [4.78, 5) is 23.9. The van der Waals surface area contributed by atoms with Gasteiger partial charge < -0.3 is 10.1 Å². The van der Waals surface area contributed by atoms with E-state index in [2.05, 4.69) is 12.2 Å². The highest BCUT2D eigenvalue weighted by Gasteiger charge is 2.21. The van der Waals surface area contributed by atoms with E-state index in [1.807, 2.05) is 0 Å². The molecule has 4 nitrogen and oxygen atoms in total. The van der Waals surface area contributed by atoms with Gasteiger partial charge in [-0.1, -0.05) is 51.5 Å². The first-order valence-electron chi connectivity index (χ1n) is 8.79. The minimum atomic E-state index is -0.998. The maximum Gasteiger partial charge on any atom is 0.328 e. The normalized spacial score (nSPS) is 11.8. The number of rotatable bonds is 11. The lowest BCUT2D eigenvalue weighted by Crippen LogP contribution is -2.42. The molecule has 0 radical (unpaired) electrons. The quantitative estimate of drug-likeness (QED) is 0.484. The predicted octanol–water partition coefficient (Wildman–Crippen LogP) is 3.92. The summed E-state index contributed by atoms with van der Waals surface area (Å²) in [6.07, 6.45) is 6.83. The molecule has 0 fully saturated rings. The molecule has 0 spiro atoms. The maximum atomic E-state index is 13.2. The van der Waals surface area contributed by atoms with Gasteiger partial charge >= 0.3 is 5.97 Å². The predicted molar refractivity (Wildman–Crippen MR) is 92.0 cm³/mol. The lowest BCUT2D eigenvalue weighted by molar-refractivity contribution is -0.145. The third-order valence-electron chi connectivity index (χ3n) is 4.02. The highest BCUT2D eigenvalue weighted by atomic mass is 19.2. The molecule has 1 N–H and O–H groups in total. The fourth-order valence-electron chi connectivity index (χ4n) is 2.60. The number of esters is 1. The van der Waals surface area contributed by atoms with Crippen LogP contribution in [0.2, 0.25) is 0 Å². The fraction of sp³-hybridized carbons (Fsp3) is 0.579. The molecular weight excluding hydrogens is 328 g/mol. The average Bonchev–Trinajstić information content (AvgIpc) is 2.59. The first-order chi connectivity index (χ1) is 12.0. The van der Waals surface area contributed by atoms with Gasteiger partial charge in [0.15, 0.2) is 11.6 Å². The molecule has 0 aliphatic heterocycles. The van der Waals surface area contributed by atoms with Crippen molar-refractivity contribution in [3.8, 4) is 0 Å². The second-order valence-corrected chi connectivity index (χ2v) is 6.12. The summed E-state index contributed by atoms with van der Waals surface area (Å²) in [5, 5.41) is 2.62. The molecule has 0 aromatic heterocycles. The Morgan fingerprint density at radius 2 is 1.76 bits per heavy atom. The Morgan fingerprint density at radius 1 is 1.08 bits per heavy atom. The zero-order valence-corrected chi connectivity index (χ0v) is 14.9. The number of unbranched alkanes of at least 4 members (excludes halogenated alkanes) is 5. The molecular formula is C19H27F2NO3. The number of carbonyl (C=O) groups excluding carboxylic acids is 2. The maximum absolute atomic E-state index is 13.2. The molecule has 25 heavy (non-hydrogen) atoms. The first-order valence-corrected chi connectivity index (χ1v) is 8.79. The summed E-state index contributed by atoms with van der Waals surface area (Å²) in [6.45, 7) is 2.15. The van der Waals surface area contributed by atoms with Gasteiger partial charge in [0.1, 0.15) is 6.04 Å². The summed E-state index contributed by atoms with van der Waals surface area (Å²) in [6, 6.07) is 2.59. The van der Waals surface area contributed by atoms with Crippen molar-refractivity contribution in [2.75, 3.05) is 7.11 Å². The van der Waals surface area contributed by atoms with E-state index in [4.69, 9.17) is 4.74 Å². The van der Waals surface area contributed by atoms with Crippen LogP contribution in [0.15, 0.2) is 18.2 Å². The molecule has 140 valence electrons. The number of halogens is 2. The van der Waals surface area contributed by atoms with Crippen molar-refractivity contribution in [3.05, 3.63) is 35.4 Å². The van der Waals surface area contributed by atoms with Crippen LogP contribution in [-0.4, -0.2) is 25.0 Å². The number of methoxy groups -OCH3 is 1. The Hall–Kier alpha value is -1.98. The van der Waals surface area contributed by atoms with E-state index in [0.29, 0.717) is 12.0 Å². The number of carbonyl (C=O) groups is 2. The van der Waals surface area contributed by atoms with Crippen LogP contribution in [0.3, 0.4) is 0 Å². The van der Waals surface area contributed by atoms with Gasteiger partial charge in [-0.25, -0.2) is 13.6 Å². The number of hydrogen-bond acceptors (Lipinski definition) is 3. The lowest BCUT2D eigenvalue weighted by atomic mass is 10.0. The van der Waals surface area contributed by atoms with Gasteiger partial charge in [0.25, 0.3) is 0 Å². The Morgan fingerprint density at radius 3 is 2.40 bits per heavy atom. The van der Waals surface area contributed by atoms with Crippen LogP contribution in [0.25, 0.3) is 0 Å². The van der Waals surface area contributed by atoms with Crippen molar-refractivity contribution in [2.24, 2.45) is 0 Å². The van der Waals surface area contributed by atoms with E-state index < -0.39 is 29.6 Å². The molecule has 1 atom stereocenters. The van der Waals surface area contributed by atoms with Crippen LogP contribution < -0.4 is 5.32 Å². The molecule has 0 aliphatic carbocycles. The van der Waals surface area contributed by atoms with Gasteiger partial charge in [-0.2, -0.15) is 0 Å². The third kappa shape index (κ3) is 8.09. The van der Waals surface area contributed by atoms with Crippen molar-refractivity contribution in [2.45, 2.75) is 64.3 Å². The van der Waals surface area contributed by atoms with Crippen molar-refractivity contribution in [1.82, 2.24) is 5.32 Å². The lowest BCUT2D eigenvalue weighted by Gasteiger charge is -2.16. The Kier molecular flexibility index (Phi) is 9.73. The Bertz CT molecular complexity index is 564. The number of amides is 1. The largest absolute Gasteiger partial charge is 0.467 e. The molecule has 0 bridgehead atoms. The first kappa shape index (κ1) is 21.1. The summed E-state index contributed by atoms with van der Waals surface area (Å²) in [5.74, 6) is -2.87. The highest BCUT2D eigenvalue weighted by Crippen LogP contribution is 2.11. The Balaban J connectivity index is 2.48. The summed E-state index contributed by atoms with van der Waals surface area (Å²) < 4.78 is 30.8. The van der Waals surface area contributed by atoms with Crippen LogP contribution in [-0.2, 0) is 20.7 Å². The molecule has 1 aromatic rings. The standard InChI is InChI=1S/C19H27F2NO3/c1-3-4-5-6-7-8-9-17(19(24)25-2)22-18(23)13-14-10-11-15(20)16(21)12-14/h10-12,17H,3-9,13H2,1-2H3,(H,22,23)/t17-/m1/s1. The van der Waals surface area contributed by atoms with Gasteiger partial charge in [0.05, 0.1) is 13.5 Å². The van der Waals surface area contributed by atoms with E-state index in [1.54, 1.807) is 0 Å². The Labute approximate surface area is 147 Å². The van der Waals surface area contributed by atoms with Crippen LogP contribution in [0.4, 0.5) is 8.78 Å². The van der Waals surface area contributed by atoms with E-state index >= 15 is 0 Å². The molecule has 1 rings (SSSR count). The molecule has 0 unspecified atom stereocenters. The van der Waals surface area contributed by atoms with Crippen molar-refractivity contribution >= 4 is 11.9 Å². The molecule has 1 aromatic carbocycles. The van der Waals surface area contributed by atoms with E-state index in [1.165, 1.54) is 32.4 Å². The summed E-state index contributed by atoms with van der Waals surface area (Å²) in [5.41, 5.74) is 0.347. The minimum absolute atomic E-state index is 0.124. The molecule has 1 amide bonds.